The van der Waals surface area contributed by atoms with Crippen molar-refractivity contribution in [2.24, 2.45) is 0 Å². The molecule has 0 fully saturated rings. The molecule has 0 unspecified atom stereocenters. The van der Waals surface area contributed by atoms with Crippen LogP contribution in [0.4, 0.5) is 0 Å². The number of carbonyl (C=O) groups excluding carboxylic acids is 1. The topological polar surface area (TPSA) is 34.9 Å². The van der Waals surface area contributed by atoms with Gasteiger partial charge in [-0.05, 0) is 36.6 Å². The van der Waals surface area contributed by atoms with E-state index < -0.39 is 0 Å². The molecule has 24 heavy (non-hydrogen) atoms. The van der Waals surface area contributed by atoms with Crippen molar-refractivity contribution in [1.82, 2.24) is 9.78 Å². The molecular formula is C21H20N2O. The monoisotopic (exact) mass is 316 g/mol. The molecule has 0 atom stereocenters. The number of carbonyl (C=O) groups is 1. The van der Waals surface area contributed by atoms with E-state index in [1.807, 2.05) is 50.3 Å². The number of nitrogens with zero attached hydrogens (tertiary/aromatic N) is 2. The van der Waals surface area contributed by atoms with Crippen molar-refractivity contribution >= 4 is 11.9 Å². The van der Waals surface area contributed by atoms with E-state index in [1.165, 1.54) is 5.56 Å². The number of aromatic nitrogens is 2. The average molecular weight is 316 g/mol. The second kappa shape index (κ2) is 7.09. The minimum Gasteiger partial charge on any atom is -0.289 e. The molecule has 0 saturated heterocycles. The van der Waals surface area contributed by atoms with Crippen LogP contribution in [0.25, 0.3) is 17.2 Å². The molecule has 120 valence electrons. The fourth-order valence-electron chi connectivity index (χ4n) is 2.43. The SMILES string of the molecule is CC(C)n1cc(C(=O)/C=C/c2ccc(-c3ccccc3)cc2)cn1. The van der Waals surface area contributed by atoms with Gasteiger partial charge < -0.3 is 0 Å². The predicted molar refractivity (Wildman–Crippen MR) is 97.9 cm³/mol. The zero-order valence-corrected chi connectivity index (χ0v) is 13.9. The molecule has 0 aliphatic heterocycles. The van der Waals surface area contributed by atoms with Crippen molar-refractivity contribution in [1.29, 1.82) is 0 Å². The van der Waals surface area contributed by atoms with Crippen LogP contribution in [0.15, 0.2) is 73.1 Å². The largest absolute Gasteiger partial charge is 0.289 e. The molecule has 3 heteroatoms. The molecule has 0 N–H and O–H groups in total. The van der Waals surface area contributed by atoms with E-state index >= 15 is 0 Å². The van der Waals surface area contributed by atoms with Crippen LogP contribution in [0.3, 0.4) is 0 Å². The highest BCUT2D eigenvalue weighted by Crippen LogP contribution is 2.19. The van der Waals surface area contributed by atoms with E-state index in [1.54, 1.807) is 23.2 Å². The Hall–Kier alpha value is -2.94. The quantitative estimate of drug-likeness (QED) is 0.489. The van der Waals surface area contributed by atoms with E-state index in [9.17, 15) is 4.79 Å². The first-order valence-corrected chi connectivity index (χ1v) is 8.05. The van der Waals surface area contributed by atoms with Crippen molar-refractivity contribution in [3.8, 4) is 11.1 Å². The summed E-state index contributed by atoms with van der Waals surface area (Å²) in [6, 6.07) is 18.6. The zero-order valence-electron chi connectivity index (χ0n) is 13.9. The van der Waals surface area contributed by atoms with E-state index in [-0.39, 0.29) is 11.8 Å². The Morgan fingerprint density at radius 2 is 1.67 bits per heavy atom. The number of rotatable bonds is 5. The van der Waals surface area contributed by atoms with Crippen LogP contribution in [-0.2, 0) is 0 Å². The molecule has 0 aliphatic rings. The van der Waals surface area contributed by atoms with Gasteiger partial charge in [0, 0.05) is 12.2 Å². The Kier molecular flexibility index (Phi) is 4.71. The molecule has 0 spiro atoms. The van der Waals surface area contributed by atoms with Crippen LogP contribution in [0.1, 0.15) is 35.8 Å². The summed E-state index contributed by atoms with van der Waals surface area (Å²) in [5.41, 5.74) is 3.96. The summed E-state index contributed by atoms with van der Waals surface area (Å²) in [6.45, 7) is 4.07. The molecule has 0 amide bonds. The van der Waals surface area contributed by atoms with Gasteiger partial charge in [-0.25, -0.2) is 0 Å². The lowest BCUT2D eigenvalue weighted by atomic mass is 10.0. The van der Waals surface area contributed by atoms with E-state index in [0.717, 1.165) is 11.1 Å². The molecule has 3 rings (SSSR count). The summed E-state index contributed by atoms with van der Waals surface area (Å²) in [4.78, 5) is 12.2. The van der Waals surface area contributed by atoms with Gasteiger partial charge in [0.2, 0.25) is 0 Å². The minimum atomic E-state index is -0.0333. The summed E-state index contributed by atoms with van der Waals surface area (Å²) in [7, 11) is 0. The fourth-order valence-corrected chi connectivity index (χ4v) is 2.43. The number of hydrogen-bond acceptors (Lipinski definition) is 2. The van der Waals surface area contributed by atoms with Gasteiger partial charge in [0.05, 0.1) is 11.8 Å². The third-order valence-corrected chi connectivity index (χ3v) is 3.86. The van der Waals surface area contributed by atoms with Crippen molar-refractivity contribution in [2.45, 2.75) is 19.9 Å². The van der Waals surface area contributed by atoms with Gasteiger partial charge in [-0.1, -0.05) is 60.7 Å². The van der Waals surface area contributed by atoms with Crippen LogP contribution >= 0.6 is 0 Å². The van der Waals surface area contributed by atoms with Gasteiger partial charge in [-0.2, -0.15) is 5.10 Å². The Bertz CT molecular complexity index is 843. The predicted octanol–water partition coefficient (Wildman–Crippen LogP) is 5.03. The van der Waals surface area contributed by atoms with Crippen molar-refractivity contribution in [3.63, 3.8) is 0 Å². The van der Waals surface area contributed by atoms with Crippen LogP contribution in [0, 0.1) is 0 Å². The Labute approximate surface area is 142 Å². The smallest absolute Gasteiger partial charge is 0.189 e. The van der Waals surface area contributed by atoms with Crippen LogP contribution in [0.2, 0.25) is 0 Å². The van der Waals surface area contributed by atoms with E-state index in [4.69, 9.17) is 0 Å². The lowest BCUT2D eigenvalue weighted by Crippen LogP contribution is -2.00. The zero-order chi connectivity index (χ0) is 16.9. The van der Waals surface area contributed by atoms with Crippen LogP contribution in [0.5, 0.6) is 0 Å². The lowest BCUT2D eigenvalue weighted by molar-refractivity contribution is 0.104. The maximum Gasteiger partial charge on any atom is 0.189 e. The molecule has 2 aromatic carbocycles. The molecule has 0 aliphatic carbocycles. The van der Waals surface area contributed by atoms with Gasteiger partial charge >= 0.3 is 0 Å². The summed E-state index contributed by atoms with van der Waals surface area (Å²) in [5.74, 6) is -0.0333. The van der Waals surface area contributed by atoms with Crippen molar-refractivity contribution < 1.29 is 4.79 Å². The number of ketones is 1. The summed E-state index contributed by atoms with van der Waals surface area (Å²) in [5, 5.41) is 4.20. The first-order chi connectivity index (χ1) is 11.6. The number of allylic oxidation sites excluding steroid dienone is 1. The first kappa shape index (κ1) is 15.9. The lowest BCUT2D eigenvalue weighted by Gasteiger charge is -2.02. The molecule has 0 radical (unpaired) electrons. The second-order valence-electron chi connectivity index (χ2n) is 5.99. The maximum atomic E-state index is 12.2. The molecule has 0 saturated carbocycles. The summed E-state index contributed by atoms with van der Waals surface area (Å²) in [6.07, 6.45) is 6.84. The second-order valence-corrected chi connectivity index (χ2v) is 5.99. The number of benzene rings is 2. The minimum absolute atomic E-state index is 0.0333. The molecule has 3 aromatic rings. The highest BCUT2D eigenvalue weighted by atomic mass is 16.1. The van der Waals surface area contributed by atoms with Gasteiger partial charge in [0.1, 0.15) is 0 Å². The normalized spacial score (nSPS) is 11.3. The maximum absolute atomic E-state index is 12.2. The Morgan fingerprint density at radius 3 is 2.29 bits per heavy atom. The standard InChI is InChI=1S/C21H20N2O/c1-16(2)23-15-20(14-22-23)21(24)13-10-17-8-11-19(12-9-17)18-6-4-3-5-7-18/h3-16H,1-2H3/b13-10+. The van der Waals surface area contributed by atoms with Gasteiger partial charge in [0.25, 0.3) is 0 Å². The van der Waals surface area contributed by atoms with E-state index in [2.05, 4.69) is 29.4 Å². The molecule has 1 aromatic heterocycles. The Balaban J connectivity index is 1.71. The molecular weight excluding hydrogens is 296 g/mol. The summed E-state index contributed by atoms with van der Waals surface area (Å²) >= 11 is 0. The molecule has 3 nitrogen and oxygen atoms in total. The van der Waals surface area contributed by atoms with E-state index in [0.29, 0.717) is 5.56 Å². The highest BCUT2D eigenvalue weighted by Gasteiger charge is 2.07. The van der Waals surface area contributed by atoms with Gasteiger partial charge in [0.15, 0.2) is 5.78 Å². The van der Waals surface area contributed by atoms with Gasteiger partial charge in [-0.15, -0.1) is 0 Å². The highest BCUT2D eigenvalue weighted by molar-refractivity contribution is 6.06. The van der Waals surface area contributed by atoms with Crippen molar-refractivity contribution in [3.05, 3.63) is 84.2 Å². The molecule has 1 heterocycles. The average Bonchev–Trinajstić information content (AvgIpc) is 3.11. The fraction of sp³-hybridized carbons (Fsp3) is 0.143. The Morgan fingerprint density at radius 1 is 1.00 bits per heavy atom. The third kappa shape index (κ3) is 3.69. The molecule has 0 bridgehead atoms. The van der Waals surface area contributed by atoms with Gasteiger partial charge in [-0.3, -0.25) is 9.48 Å². The summed E-state index contributed by atoms with van der Waals surface area (Å²) < 4.78 is 1.79. The van der Waals surface area contributed by atoms with Crippen LogP contribution in [-0.4, -0.2) is 15.6 Å². The third-order valence-electron chi connectivity index (χ3n) is 3.86. The first-order valence-electron chi connectivity index (χ1n) is 8.05. The van der Waals surface area contributed by atoms with Crippen molar-refractivity contribution in [2.75, 3.05) is 0 Å². The van der Waals surface area contributed by atoms with Crippen LogP contribution < -0.4 is 0 Å². The number of hydrogen-bond donors (Lipinski definition) is 0.